The number of aromatic nitrogens is 2. The number of thiazole rings is 2. The van der Waals surface area contributed by atoms with Crippen molar-refractivity contribution < 1.29 is 8.42 Å². The topological polar surface area (TPSA) is 86.4 Å². The fourth-order valence-electron chi connectivity index (χ4n) is 2.73. The normalized spacial score (nSPS) is 16.8. The predicted octanol–water partition coefficient (Wildman–Crippen LogP) is 1.56. The van der Waals surface area contributed by atoms with E-state index in [1.165, 1.54) is 4.31 Å². The Balaban J connectivity index is 1.57. The second kappa shape index (κ2) is 5.96. The fourth-order valence-corrected chi connectivity index (χ4v) is 5.72. The summed E-state index contributed by atoms with van der Waals surface area (Å²) < 4.78 is 27.8. The van der Waals surface area contributed by atoms with E-state index in [1.54, 1.807) is 35.7 Å². The fraction of sp³-hybridized carbons (Fsp3) is 0.286. The summed E-state index contributed by atoms with van der Waals surface area (Å²) in [7, 11) is -3.56. The van der Waals surface area contributed by atoms with Crippen LogP contribution in [0.2, 0.25) is 0 Å². The van der Waals surface area contributed by atoms with Crippen LogP contribution in [0, 0.1) is 0 Å². The van der Waals surface area contributed by atoms with Crippen LogP contribution in [0.1, 0.15) is 0 Å². The molecule has 10 heteroatoms. The minimum atomic E-state index is -3.56. The molecule has 0 amide bonds. The summed E-state index contributed by atoms with van der Waals surface area (Å²) in [5, 5.41) is 2.83. The van der Waals surface area contributed by atoms with Gasteiger partial charge < -0.3 is 9.88 Å². The monoisotopic (exact) mass is 382 g/mol. The van der Waals surface area contributed by atoms with Gasteiger partial charge in [0.2, 0.25) is 10.0 Å². The first-order valence-electron chi connectivity index (χ1n) is 7.31. The summed E-state index contributed by atoms with van der Waals surface area (Å²) in [6, 6.07) is 4.76. The smallest absolute Gasteiger partial charge is 0.305 e. The van der Waals surface area contributed by atoms with Crippen LogP contribution in [-0.4, -0.2) is 48.9 Å². The Morgan fingerprint density at radius 3 is 2.67 bits per heavy atom. The first-order valence-corrected chi connectivity index (χ1v) is 10.5. The molecule has 126 valence electrons. The third-order valence-corrected chi connectivity index (χ3v) is 7.53. The number of sulfonamides is 1. The molecule has 1 saturated heterocycles. The lowest BCUT2D eigenvalue weighted by molar-refractivity contribution is 0.385. The highest BCUT2D eigenvalue weighted by atomic mass is 32.2. The molecule has 0 unspecified atom stereocenters. The lowest BCUT2D eigenvalue weighted by Gasteiger charge is -2.33. The number of H-pyrrole nitrogens is 1. The van der Waals surface area contributed by atoms with Crippen LogP contribution in [0.15, 0.2) is 39.5 Å². The van der Waals surface area contributed by atoms with Crippen molar-refractivity contribution in [2.75, 3.05) is 31.1 Å². The molecule has 3 aromatic rings. The van der Waals surface area contributed by atoms with Crippen molar-refractivity contribution in [2.45, 2.75) is 4.90 Å². The lowest BCUT2D eigenvalue weighted by atomic mass is 10.3. The van der Waals surface area contributed by atoms with Gasteiger partial charge in [-0.2, -0.15) is 4.31 Å². The third kappa shape index (κ3) is 2.75. The van der Waals surface area contributed by atoms with Gasteiger partial charge in [0.1, 0.15) is 0 Å². The molecule has 0 spiro atoms. The van der Waals surface area contributed by atoms with E-state index in [1.807, 2.05) is 5.38 Å². The molecule has 1 aromatic carbocycles. The SMILES string of the molecule is O=c1[nH]c2ccc(S(=O)(=O)N3CCN(c4nccs4)CC3)cc2s1. The summed E-state index contributed by atoms with van der Waals surface area (Å²) in [4.78, 5) is 20.5. The number of rotatable bonds is 3. The van der Waals surface area contributed by atoms with Crippen molar-refractivity contribution >= 4 is 48.0 Å². The molecule has 0 bridgehead atoms. The molecule has 7 nitrogen and oxygen atoms in total. The van der Waals surface area contributed by atoms with Crippen molar-refractivity contribution in [2.24, 2.45) is 0 Å². The van der Waals surface area contributed by atoms with E-state index in [4.69, 9.17) is 0 Å². The van der Waals surface area contributed by atoms with Crippen molar-refractivity contribution in [3.05, 3.63) is 39.4 Å². The Morgan fingerprint density at radius 2 is 1.96 bits per heavy atom. The minimum Gasteiger partial charge on any atom is -0.345 e. The van der Waals surface area contributed by atoms with Crippen LogP contribution < -0.4 is 9.77 Å². The zero-order chi connectivity index (χ0) is 16.7. The highest BCUT2D eigenvalue weighted by Crippen LogP contribution is 2.25. The van der Waals surface area contributed by atoms with Crippen molar-refractivity contribution in [3.8, 4) is 0 Å². The summed E-state index contributed by atoms with van der Waals surface area (Å²) in [6.07, 6.45) is 1.75. The van der Waals surface area contributed by atoms with Crippen molar-refractivity contribution in [1.29, 1.82) is 0 Å². The molecule has 0 saturated carbocycles. The average molecular weight is 382 g/mol. The molecular weight excluding hydrogens is 368 g/mol. The van der Waals surface area contributed by atoms with Gasteiger partial charge in [-0.1, -0.05) is 11.3 Å². The third-order valence-electron chi connectivity index (χ3n) is 3.96. The maximum atomic E-state index is 12.8. The van der Waals surface area contributed by atoms with Crippen LogP contribution in [0.5, 0.6) is 0 Å². The first kappa shape index (κ1) is 15.8. The van der Waals surface area contributed by atoms with E-state index in [2.05, 4.69) is 14.9 Å². The molecule has 0 radical (unpaired) electrons. The van der Waals surface area contributed by atoms with Gasteiger partial charge in [-0.15, -0.1) is 11.3 Å². The number of hydrogen-bond acceptors (Lipinski definition) is 7. The number of anilines is 1. The number of piperazine rings is 1. The van der Waals surface area contributed by atoms with Crippen molar-refractivity contribution in [1.82, 2.24) is 14.3 Å². The van der Waals surface area contributed by atoms with Gasteiger partial charge in [-0.25, -0.2) is 13.4 Å². The Hall–Kier alpha value is -1.75. The molecule has 4 rings (SSSR count). The van der Waals surface area contributed by atoms with Crippen LogP contribution in [0.3, 0.4) is 0 Å². The molecule has 1 aliphatic rings. The van der Waals surface area contributed by atoms with Gasteiger partial charge in [-0.3, -0.25) is 4.79 Å². The lowest BCUT2D eigenvalue weighted by Crippen LogP contribution is -2.48. The van der Waals surface area contributed by atoms with Gasteiger partial charge in [0, 0.05) is 37.8 Å². The number of benzene rings is 1. The Kier molecular flexibility index (Phi) is 3.91. The molecule has 24 heavy (non-hydrogen) atoms. The zero-order valence-electron chi connectivity index (χ0n) is 12.5. The number of nitrogens with one attached hydrogen (secondary N) is 1. The summed E-state index contributed by atoms with van der Waals surface area (Å²) in [6.45, 7) is 2.07. The summed E-state index contributed by atoms with van der Waals surface area (Å²) in [5.41, 5.74) is 0.664. The molecule has 1 fully saturated rings. The van der Waals surface area contributed by atoms with E-state index >= 15 is 0 Å². The number of hydrogen-bond donors (Lipinski definition) is 1. The van der Waals surface area contributed by atoms with Gasteiger partial charge in [0.25, 0.3) is 0 Å². The summed E-state index contributed by atoms with van der Waals surface area (Å²) in [5.74, 6) is 0. The molecule has 0 aliphatic carbocycles. The number of aromatic amines is 1. The highest BCUT2D eigenvalue weighted by Gasteiger charge is 2.29. The Labute approximate surface area is 146 Å². The highest BCUT2D eigenvalue weighted by molar-refractivity contribution is 7.89. The van der Waals surface area contributed by atoms with Gasteiger partial charge in [-0.05, 0) is 18.2 Å². The molecule has 0 atom stereocenters. The van der Waals surface area contributed by atoms with Crippen LogP contribution in [0.4, 0.5) is 5.13 Å². The first-order chi connectivity index (χ1) is 11.5. The molecule has 1 aliphatic heterocycles. The molecular formula is C14H14N4O3S3. The van der Waals surface area contributed by atoms with Crippen LogP contribution >= 0.6 is 22.7 Å². The second-order valence-electron chi connectivity index (χ2n) is 5.38. The van der Waals surface area contributed by atoms with Crippen LogP contribution in [0.25, 0.3) is 10.2 Å². The number of fused-ring (bicyclic) bond motifs is 1. The van der Waals surface area contributed by atoms with Gasteiger partial charge in [0.15, 0.2) is 5.13 Å². The van der Waals surface area contributed by atoms with Gasteiger partial charge in [0.05, 0.1) is 15.1 Å². The molecule has 1 N–H and O–H groups in total. The quantitative estimate of drug-likeness (QED) is 0.743. The molecule has 2 aromatic heterocycles. The Morgan fingerprint density at radius 1 is 1.17 bits per heavy atom. The van der Waals surface area contributed by atoms with E-state index in [9.17, 15) is 13.2 Å². The number of nitrogens with zero attached hydrogens (tertiary/aromatic N) is 3. The zero-order valence-corrected chi connectivity index (χ0v) is 15.0. The summed E-state index contributed by atoms with van der Waals surface area (Å²) >= 11 is 2.57. The largest absolute Gasteiger partial charge is 0.345 e. The van der Waals surface area contributed by atoms with E-state index in [0.29, 0.717) is 36.4 Å². The minimum absolute atomic E-state index is 0.184. The van der Waals surface area contributed by atoms with E-state index < -0.39 is 10.0 Å². The van der Waals surface area contributed by atoms with Crippen LogP contribution in [-0.2, 0) is 10.0 Å². The van der Waals surface area contributed by atoms with Gasteiger partial charge >= 0.3 is 4.87 Å². The van der Waals surface area contributed by atoms with E-state index in [-0.39, 0.29) is 9.77 Å². The maximum absolute atomic E-state index is 12.8. The average Bonchev–Trinajstić information content (AvgIpc) is 3.22. The second-order valence-corrected chi connectivity index (χ2v) is 9.20. The van der Waals surface area contributed by atoms with E-state index in [0.717, 1.165) is 16.5 Å². The standard InChI is InChI=1S/C14H14N4O3S3/c19-14-16-11-2-1-10(9-12(11)23-14)24(20,21)18-6-4-17(5-7-18)13-15-3-8-22-13/h1-3,8-9H,4-7H2,(H,16,19). The Bertz CT molecular complexity index is 1020. The van der Waals surface area contributed by atoms with Crippen molar-refractivity contribution in [3.63, 3.8) is 0 Å². The maximum Gasteiger partial charge on any atom is 0.305 e. The predicted molar refractivity (Wildman–Crippen MR) is 95.5 cm³/mol. The molecule has 3 heterocycles.